The number of hydrogen-bond acceptors (Lipinski definition) is 2. The first kappa shape index (κ1) is 15.0. The Balaban J connectivity index is 1.82. The lowest BCUT2D eigenvalue weighted by molar-refractivity contribution is -0.123. The normalized spacial score (nSPS) is 27.9. The molecule has 1 saturated carbocycles. The van der Waals surface area contributed by atoms with Gasteiger partial charge in [-0.05, 0) is 43.1 Å². The first-order valence-electron chi connectivity index (χ1n) is 7.66. The van der Waals surface area contributed by atoms with Gasteiger partial charge in [-0.25, -0.2) is 0 Å². The molecule has 0 saturated heterocycles. The lowest BCUT2D eigenvalue weighted by Crippen LogP contribution is -2.48. The average Bonchev–Trinajstić information content (AvgIpc) is 2.44. The van der Waals surface area contributed by atoms with E-state index in [1.807, 2.05) is 30.3 Å². The van der Waals surface area contributed by atoms with E-state index in [0.717, 1.165) is 24.3 Å². The second kappa shape index (κ2) is 6.89. The third kappa shape index (κ3) is 4.07. The standard InChI is InChI=1S/C17H26N2O/c1-12-8-9-15(10-13(12)2)19-17(20)16(18)11-14-6-4-3-5-7-14/h3-7,12-13,15-16H,8-11,18H2,1-2H3,(H,19,20). The molecule has 0 heterocycles. The van der Waals surface area contributed by atoms with Crippen LogP contribution in [-0.4, -0.2) is 18.0 Å². The highest BCUT2D eigenvalue weighted by Crippen LogP contribution is 2.29. The summed E-state index contributed by atoms with van der Waals surface area (Å²) in [5, 5.41) is 3.13. The number of nitrogens with two attached hydrogens (primary N) is 1. The molecule has 20 heavy (non-hydrogen) atoms. The molecule has 4 unspecified atom stereocenters. The number of benzene rings is 1. The van der Waals surface area contributed by atoms with Crippen LogP contribution in [0.5, 0.6) is 0 Å². The van der Waals surface area contributed by atoms with Gasteiger partial charge in [-0.3, -0.25) is 4.79 Å². The van der Waals surface area contributed by atoms with Gasteiger partial charge in [0.1, 0.15) is 0 Å². The Morgan fingerprint density at radius 2 is 1.95 bits per heavy atom. The maximum absolute atomic E-state index is 12.2. The fourth-order valence-corrected chi connectivity index (χ4v) is 2.95. The van der Waals surface area contributed by atoms with Gasteiger partial charge in [0.2, 0.25) is 5.91 Å². The van der Waals surface area contributed by atoms with E-state index in [-0.39, 0.29) is 5.91 Å². The molecule has 0 radical (unpaired) electrons. The Morgan fingerprint density at radius 3 is 2.60 bits per heavy atom. The van der Waals surface area contributed by atoms with Gasteiger partial charge in [0.05, 0.1) is 6.04 Å². The molecule has 3 heteroatoms. The zero-order chi connectivity index (χ0) is 14.5. The van der Waals surface area contributed by atoms with Crippen LogP contribution in [0.15, 0.2) is 30.3 Å². The summed E-state index contributed by atoms with van der Waals surface area (Å²) in [6.07, 6.45) is 3.95. The fourth-order valence-electron chi connectivity index (χ4n) is 2.95. The average molecular weight is 274 g/mol. The van der Waals surface area contributed by atoms with Gasteiger partial charge in [0.25, 0.3) is 0 Å². The van der Waals surface area contributed by atoms with E-state index in [0.29, 0.717) is 18.4 Å². The number of nitrogens with one attached hydrogen (secondary N) is 1. The van der Waals surface area contributed by atoms with E-state index in [4.69, 9.17) is 5.73 Å². The Labute approximate surface area is 121 Å². The summed E-state index contributed by atoms with van der Waals surface area (Å²) in [7, 11) is 0. The van der Waals surface area contributed by atoms with Crippen LogP contribution in [0.2, 0.25) is 0 Å². The maximum atomic E-state index is 12.2. The molecule has 1 aromatic rings. The molecule has 0 aromatic heterocycles. The van der Waals surface area contributed by atoms with Crippen molar-refractivity contribution in [3.05, 3.63) is 35.9 Å². The molecular weight excluding hydrogens is 248 g/mol. The van der Waals surface area contributed by atoms with Crippen molar-refractivity contribution in [2.75, 3.05) is 0 Å². The van der Waals surface area contributed by atoms with Crippen molar-refractivity contribution in [2.24, 2.45) is 17.6 Å². The van der Waals surface area contributed by atoms with Crippen molar-refractivity contribution < 1.29 is 4.79 Å². The summed E-state index contributed by atoms with van der Waals surface area (Å²) in [6.45, 7) is 4.57. The largest absolute Gasteiger partial charge is 0.352 e. The first-order valence-corrected chi connectivity index (χ1v) is 7.66. The van der Waals surface area contributed by atoms with E-state index >= 15 is 0 Å². The van der Waals surface area contributed by atoms with Crippen LogP contribution < -0.4 is 11.1 Å². The highest BCUT2D eigenvalue weighted by atomic mass is 16.2. The third-order valence-electron chi connectivity index (χ3n) is 4.58. The van der Waals surface area contributed by atoms with Crippen molar-refractivity contribution in [1.29, 1.82) is 0 Å². The van der Waals surface area contributed by atoms with Crippen LogP contribution in [-0.2, 0) is 11.2 Å². The molecule has 0 spiro atoms. The molecular formula is C17H26N2O. The van der Waals surface area contributed by atoms with Crippen LogP contribution in [0.1, 0.15) is 38.7 Å². The second-order valence-corrected chi connectivity index (χ2v) is 6.27. The van der Waals surface area contributed by atoms with Gasteiger partial charge >= 0.3 is 0 Å². The topological polar surface area (TPSA) is 55.1 Å². The highest BCUT2D eigenvalue weighted by Gasteiger charge is 2.26. The van der Waals surface area contributed by atoms with Crippen LogP contribution in [0.3, 0.4) is 0 Å². The molecule has 1 fully saturated rings. The Kier molecular flexibility index (Phi) is 5.18. The lowest BCUT2D eigenvalue weighted by Gasteiger charge is -2.33. The number of hydrogen-bond donors (Lipinski definition) is 2. The van der Waals surface area contributed by atoms with Crippen LogP contribution in [0.4, 0.5) is 0 Å². The van der Waals surface area contributed by atoms with Crippen molar-refractivity contribution in [3.63, 3.8) is 0 Å². The minimum atomic E-state index is -0.452. The molecule has 3 nitrogen and oxygen atoms in total. The number of rotatable bonds is 4. The molecule has 0 aliphatic heterocycles. The van der Waals surface area contributed by atoms with Gasteiger partial charge in [0.15, 0.2) is 0 Å². The van der Waals surface area contributed by atoms with E-state index in [2.05, 4.69) is 19.2 Å². The van der Waals surface area contributed by atoms with Gasteiger partial charge in [0, 0.05) is 6.04 Å². The Hall–Kier alpha value is -1.35. The highest BCUT2D eigenvalue weighted by molar-refractivity contribution is 5.82. The molecule has 1 aliphatic carbocycles. The minimum Gasteiger partial charge on any atom is -0.352 e. The van der Waals surface area contributed by atoms with E-state index in [1.165, 1.54) is 6.42 Å². The van der Waals surface area contributed by atoms with Crippen molar-refractivity contribution in [3.8, 4) is 0 Å². The van der Waals surface area contributed by atoms with Gasteiger partial charge in [-0.1, -0.05) is 44.2 Å². The fraction of sp³-hybridized carbons (Fsp3) is 0.588. The van der Waals surface area contributed by atoms with Crippen molar-refractivity contribution in [1.82, 2.24) is 5.32 Å². The summed E-state index contributed by atoms with van der Waals surface area (Å²) < 4.78 is 0. The van der Waals surface area contributed by atoms with E-state index < -0.39 is 6.04 Å². The SMILES string of the molecule is CC1CCC(NC(=O)C(N)Cc2ccccc2)CC1C. The second-order valence-electron chi connectivity index (χ2n) is 6.27. The summed E-state index contributed by atoms with van der Waals surface area (Å²) in [6, 6.07) is 9.80. The number of carbonyl (C=O) groups is 1. The summed E-state index contributed by atoms with van der Waals surface area (Å²) >= 11 is 0. The molecule has 1 aromatic carbocycles. The molecule has 1 amide bonds. The molecule has 1 aliphatic rings. The van der Waals surface area contributed by atoms with E-state index in [1.54, 1.807) is 0 Å². The van der Waals surface area contributed by atoms with Crippen LogP contribution >= 0.6 is 0 Å². The van der Waals surface area contributed by atoms with Crippen LogP contribution in [0.25, 0.3) is 0 Å². The third-order valence-corrected chi connectivity index (χ3v) is 4.58. The smallest absolute Gasteiger partial charge is 0.237 e. The molecule has 2 rings (SSSR count). The molecule has 4 atom stereocenters. The zero-order valence-corrected chi connectivity index (χ0v) is 12.5. The van der Waals surface area contributed by atoms with Crippen LogP contribution in [0, 0.1) is 11.8 Å². The molecule has 3 N–H and O–H groups in total. The first-order chi connectivity index (χ1) is 9.56. The quantitative estimate of drug-likeness (QED) is 0.886. The summed E-state index contributed by atoms with van der Waals surface area (Å²) in [4.78, 5) is 12.2. The predicted molar refractivity (Wildman–Crippen MR) is 82.2 cm³/mol. The summed E-state index contributed by atoms with van der Waals surface area (Å²) in [5.74, 6) is 1.43. The predicted octanol–water partition coefficient (Wildman–Crippen LogP) is 2.50. The minimum absolute atomic E-state index is 0.0133. The molecule has 0 bridgehead atoms. The van der Waals surface area contributed by atoms with Gasteiger partial charge in [-0.2, -0.15) is 0 Å². The molecule has 110 valence electrons. The Bertz CT molecular complexity index is 432. The lowest BCUT2D eigenvalue weighted by atomic mass is 9.79. The zero-order valence-electron chi connectivity index (χ0n) is 12.5. The number of carbonyl (C=O) groups excluding carboxylic acids is 1. The Morgan fingerprint density at radius 1 is 1.25 bits per heavy atom. The monoisotopic (exact) mass is 274 g/mol. The van der Waals surface area contributed by atoms with Crippen molar-refractivity contribution >= 4 is 5.91 Å². The maximum Gasteiger partial charge on any atom is 0.237 e. The van der Waals surface area contributed by atoms with Crippen molar-refractivity contribution in [2.45, 2.75) is 51.6 Å². The summed E-state index contributed by atoms with van der Waals surface area (Å²) in [5.41, 5.74) is 7.13. The van der Waals surface area contributed by atoms with Gasteiger partial charge < -0.3 is 11.1 Å². The number of amides is 1. The van der Waals surface area contributed by atoms with E-state index in [9.17, 15) is 4.79 Å². The van der Waals surface area contributed by atoms with Gasteiger partial charge in [-0.15, -0.1) is 0 Å².